The summed E-state index contributed by atoms with van der Waals surface area (Å²) in [7, 11) is 0. The third kappa shape index (κ3) is 3.54. The molecular weight excluding hydrogens is 299 g/mol. The summed E-state index contributed by atoms with van der Waals surface area (Å²) in [6.45, 7) is 1.27. The summed E-state index contributed by atoms with van der Waals surface area (Å²) in [5.74, 6) is -0.0181. The molecule has 1 aromatic carbocycles. The van der Waals surface area contributed by atoms with E-state index >= 15 is 0 Å². The number of nitrogens with zero attached hydrogens (tertiary/aromatic N) is 1. The number of likely N-dealkylation sites (tertiary alicyclic amines) is 1. The van der Waals surface area contributed by atoms with Crippen molar-refractivity contribution in [3.8, 4) is 0 Å². The van der Waals surface area contributed by atoms with Gasteiger partial charge >= 0.3 is 0 Å². The van der Waals surface area contributed by atoms with Crippen LogP contribution in [0.5, 0.6) is 0 Å². The van der Waals surface area contributed by atoms with Gasteiger partial charge in [-0.05, 0) is 65.4 Å². The van der Waals surface area contributed by atoms with Gasteiger partial charge < -0.3 is 10.6 Å². The van der Waals surface area contributed by atoms with Crippen LogP contribution in [0, 0.1) is 11.7 Å². The second kappa shape index (κ2) is 6.58. The number of amides is 1. The number of hydrogen-bond acceptors (Lipinski definition) is 3. The molecule has 1 amide bonds. The second-order valence-corrected chi connectivity index (χ2v) is 6.69. The van der Waals surface area contributed by atoms with E-state index in [1.807, 2.05) is 0 Å². The topological polar surface area (TPSA) is 46.3 Å². The predicted octanol–water partition coefficient (Wildman–Crippen LogP) is 2.92. The maximum Gasteiger partial charge on any atom is 0.253 e. The minimum atomic E-state index is -0.331. The van der Waals surface area contributed by atoms with Crippen molar-refractivity contribution in [1.82, 2.24) is 4.90 Å². The van der Waals surface area contributed by atoms with Gasteiger partial charge in [-0.3, -0.25) is 4.79 Å². The molecule has 1 fully saturated rings. The first-order valence-electron chi connectivity index (χ1n) is 7.43. The smallest absolute Gasteiger partial charge is 0.253 e. The van der Waals surface area contributed by atoms with E-state index in [1.165, 1.54) is 29.8 Å². The van der Waals surface area contributed by atoms with Crippen molar-refractivity contribution >= 4 is 17.2 Å². The summed E-state index contributed by atoms with van der Waals surface area (Å²) in [6.07, 6.45) is 1.88. The van der Waals surface area contributed by atoms with Crippen LogP contribution in [-0.4, -0.2) is 29.9 Å². The van der Waals surface area contributed by atoms with E-state index in [2.05, 4.69) is 16.8 Å². The first-order chi connectivity index (χ1) is 10.6. The van der Waals surface area contributed by atoms with E-state index in [-0.39, 0.29) is 17.8 Å². The summed E-state index contributed by atoms with van der Waals surface area (Å²) in [4.78, 5) is 14.4. The Morgan fingerprint density at radius 1 is 1.27 bits per heavy atom. The average Bonchev–Trinajstić information content (AvgIpc) is 2.99. The molecule has 2 heterocycles. The lowest BCUT2D eigenvalue weighted by Gasteiger charge is -2.36. The SMILES string of the molecule is NC1CC(Cc2ccsc2)CN(C(=O)c2ccc(F)cc2)C1. The summed E-state index contributed by atoms with van der Waals surface area (Å²) in [5.41, 5.74) is 7.96. The van der Waals surface area contributed by atoms with E-state index in [1.54, 1.807) is 16.2 Å². The highest BCUT2D eigenvalue weighted by atomic mass is 32.1. The molecule has 0 spiro atoms. The van der Waals surface area contributed by atoms with Crippen molar-refractivity contribution in [2.45, 2.75) is 18.9 Å². The van der Waals surface area contributed by atoms with Crippen molar-refractivity contribution in [2.75, 3.05) is 13.1 Å². The third-order valence-corrected chi connectivity index (χ3v) is 4.78. The Bertz CT molecular complexity index is 627. The molecule has 1 aromatic heterocycles. The number of carbonyl (C=O) groups excluding carboxylic acids is 1. The zero-order chi connectivity index (χ0) is 15.5. The molecule has 116 valence electrons. The van der Waals surface area contributed by atoms with Gasteiger partial charge in [-0.15, -0.1) is 0 Å². The van der Waals surface area contributed by atoms with Crippen LogP contribution in [0.25, 0.3) is 0 Å². The Kier molecular flexibility index (Phi) is 4.55. The van der Waals surface area contributed by atoms with E-state index in [0.29, 0.717) is 24.6 Å². The number of hydrogen-bond donors (Lipinski definition) is 1. The number of benzene rings is 1. The highest BCUT2D eigenvalue weighted by molar-refractivity contribution is 7.07. The number of halogens is 1. The predicted molar refractivity (Wildman–Crippen MR) is 86.4 cm³/mol. The molecule has 2 unspecified atom stereocenters. The lowest BCUT2D eigenvalue weighted by molar-refractivity contribution is 0.0649. The second-order valence-electron chi connectivity index (χ2n) is 5.91. The van der Waals surface area contributed by atoms with Gasteiger partial charge in [0.05, 0.1) is 0 Å². The van der Waals surface area contributed by atoms with Gasteiger partial charge in [0.25, 0.3) is 5.91 Å². The average molecular weight is 318 g/mol. The number of thiophene rings is 1. The van der Waals surface area contributed by atoms with Crippen LogP contribution in [0.4, 0.5) is 4.39 Å². The fourth-order valence-corrected chi connectivity index (χ4v) is 3.76. The molecule has 3 rings (SSSR count). The quantitative estimate of drug-likeness (QED) is 0.946. The van der Waals surface area contributed by atoms with E-state index in [4.69, 9.17) is 5.73 Å². The molecule has 0 aliphatic carbocycles. The number of piperidine rings is 1. The van der Waals surface area contributed by atoms with Crippen LogP contribution in [0.15, 0.2) is 41.1 Å². The molecule has 1 aliphatic heterocycles. The van der Waals surface area contributed by atoms with Crippen LogP contribution < -0.4 is 5.73 Å². The van der Waals surface area contributed by atoms with Crippen molar-refractivity contribution in [3.05, 3.63) is 58.0 Å². The summed E-state index contributed by atoms with van der Waals surface area (Å²) in [5, 5.41) is 4.21. The fraction of sp³-hybridized carbons (Fsp3) is 0.353. The molecule has 2 N–H and O–H groups in total. The van der Waals surface area contributed by atoms with Crippen LogP contribution in [-0.2, 0) is 6.42 Å². The van der Waals surface area contributed by atoms with Gasteiger partial charge in [-0.2, -0.15) is 11.3 Å². The Morgan fingerprint density at radius 3 is 2.73 bits per heavy atom. The monoisotopic (exact) mass is 318 g/mol. The van der Waals surface area contributed by atoms with Gasteiger partial charge in [0, 0.05) is 24.7 Å². The largest absolute Gasteiger partial charge is 0.337 e. The van der Waals surface area contributed by atoms with Gasteiger partial charge in [-0.25, -0.2) is 4.39 Å². The lowest BCUT2D eigenvalue weighted by Crippen LogP contribution is -2.49. The molecule has 3 nitrogen and oxygen atoms in total. The number of nitrogens with two attached hydrogens (primary N) is 1. The van der Waals surface area contributed by atoms with Crippen LogP contribution in [0.2, 0.25) is 0 Å². The molecular formula is C17H19FN2OS. The maximum atomic E-state index is 13.0. The summed E-state index contributed by atoms with van der Waals surface area (Å²) in [6, 6.07) is 7.83. The van der Waals surface area contributed by atoms with Gasteiger partial charge in [0.1, 0.15) is 5.82 Å². The molecule has 0 saturated carbocycles. The number of carbonyl (C=O) groups is 1. The van der Waals surface area contributed by atoms with Crippen molar-refractivity contribution in [3.63, 3.8) is 0 Å². The Labute approximate surface area is 133 Å². The van der Waals surface area contributed by atoms with E-state index in [0.717, 1.165) is 12.8 Å². The normalized spacial score (nSPS) is 21.8. The standard InChI is InChI=1S/C17H19FN2OS/c18-15-3-1-14(2-4-15)17(21)20-9-13(8-16(19)10-20)7-12-5-6-22-11-12/h1-6,11,13,16H,7-10,19H2. The summed E-state index contributed by atoms with van der Waals surface area (Å²) < 4.78 is 13.0. The Balaban J connectivity index is 1.70. The number of rotatable bonds is 3. The Morgan fingerprint density at radius 2 is 2.05 bits per heavy atom. The molecule has 0 radical (unpaired) electrons. The van der Waals surface area contributed by atoms with E-state index in [9.17, 15) is 9.18 Å². The lowest BCUT2D eigenvalue weighted by atomic mass is 9.89. The van der Waals surface area contributed by atoms with Crippen LogP contribution >= 0.6 is 11.3 Å². The zero-order valence-electron chi connectivity index (χ0n) is 12.2. The molecule has 1 aliphatic rings. The summed E-state index contributed by atoms with van der Waals surface area (Å²) >= 11 is 1.69. The fourth-order valence-electron chi connectivity index (χ4n) is 3.08. The van der Waals surface area contributed by atoms with Crippen LogP contribution in [0.1, 0.15) is 22.3 Å². The van der Waals surface area contributed by atoms with Crippen molar-refractivity contribution in [2.24, 2.45) is 11.7 Å². The highest BCUT2D eigenvalue weighted by Crippen LogP contribution is 2.23. The first-order valence-corrected chi connectivity index (χ1v) is 8.37. The van der Waals surface area contributed by atoms with Crippen molar-refractivity contribution < 1.29 is 9.18 Å². The maximum absolute atomic E-state index is 13.0. The van der Waals surface area contributed by atoms with Gasteiger partial charge in [0.2, 0.25) is 0 Å². The zero-order valence-corrected chi connectivity index (χ0v) is 13.1. The molecule has 1 saturated heterocycles. The van der Waals surface area contributed by atoms with Gasteiger partial charge in [-0.1, -0.05) is 0 Å². The third-order valence-electron chi connectivity index (χ3n) is 4.05. The van der Waals surface area contributed by atoms with Gasteiger partial charge in [0.15, 0.2) is 0 Å². The highest BCUT2D eigenvalue weighted by Gasteiger charge is 2.28. The molecule has 0 bridgehead atoms. The minimum Gasteiger partial charge on any atom is -0.337 e. The molecule has 2 atom stereocenters. The minimum absolute atomic E-state index is 0.00165. The Hall–Kier alpha value is -1.72. The van der Waals surface area contributed by atoms with E-state index < -0.39 is 0 Å². The van der Waals surface area contributed by atoms with Crippen LogP contribution in [0.3, 0.4) is 0 Å². The molecule has 22 heavy (non-hydrogen) atoms. The first kappa shape index (κ1) is 15.2. The molecule has 5 heteroatoms. The van der Waals surface area contributed by atoms with Crippen molar-refractivity contribution in [1.29, 1.82) is 0 Å². The molecule has 2 aromatic rings.